The van der Waals surface area contributed by atoms with Crippen molar-refractivity contribution in [3.8, 4) is 6.01 Å². The molecular formula is C46H52N8O9. The summed E-state index contributed by atoms with van der Waals surface area (Å²) in [6.45, 7) is 11.6. The lowest BCUT2D eigenvalue weighted by Gasteiger charge is -2.41. The molecule has 4 aromatic rings. The summed E-state index contributed by atoms with van der Waals surface area (Å²) in [5.41, 5.74) is 4.08. The Morgan fingerprint density at radius 1 is 0.841 bits per heavy atom. The van der Waals surface area contributed by atoms with Gasteiger partial charge in [0.2, 0.25) is 17.7 Å². The van der Waals surface area contributed by atoms with Gasteiger partial charge in [-0.25, -0.2) is 0 Å². The fourth-order valence-electron chi connectivity index (χ4n) is 8.65. The van der Waals surface area contributed by atoms with E-state index in [1.807, 2.05) is 11.8 Å². The van der Waals surface area contributed by atoms with Gasteiger partial charge in [0, 0.05) is 67.5 Å². The fourth-order valence-corrected chi connectivity index (χ4v) is 8.65. The number of hydrogen-bond donors (Lipinski definition) is 2. The first-order chi connectivity index (χ1) is 30.7. The molecule has 2 N–H and O–H groups in total. The number of aromatic nitrogens is 2. The highest BCUT2D eigenvalue weighted by atomic mass is 16.6. The molecular weight excluding hydrogens is 809 g/mol. The standard InChI is InChI=1S/C46H52N8O9/c1-3-40(56)53-20-19-52(28-30(53)2)42-33-16-18-51(37-13-6-9-31-8-4-5-10-32(31)37)29-36(33)48-46(50-42)63-27-26-62-25-24-61-23-22-60-21-17-47-35-12-7-11-34-41(35)45(59)54(44(34)58)38-14-15-39(55)49-43(38)57/h3-13,30,38,47H,1,14-29H2,2H3,(H,49,55,57)/t30-,38?/m1/s1. The zero-order valence-electron chi connectivity index (χ0n) is 35.4. The van der Waals surface area contributed by atoms with E-state index in [0.29, 0.717) is 78.1 Å². The van der Waals surface area contributed by atoms with Crippen LogP contribution in [0, 0.1) is 0 Å². The Bertz CT molecular complexity index is 2390. The van der Waals surface area contributed by atoms with Gasteiger partial charge in [0.25, 0.3) is 11.8 Å². The van der Waals surface area contributed by atoms with E-state index in [-0.39, 0.29) is 48.5 Å². The Hall–Kier alpha value is -6.43. The number of nitrogens with zero attached hydrogens (tertiary/aromatic N) is 6. The van der Waals surface area contributed by atoms with Crippen molar-refractivity contribution in [3.63, 3.8) is 0 Å². The van der Waals surface area contributed by atoms with Gasteiger partial charge in [-0.1, -0.05) is 49.0 Å². The summed E-state index contributed by atoms with van der Waals surface area (Å²) in [5.74, 6) is -1.41. The molecule has 3 aromatic carbocycles. The van der Waals surface area contributed by atoms with Crippen molar-refractivity contribution in [1.29, 1.82) is 0 Å². The molecule has 4 aliphatic rings. The molecule has 63 heavy (non-hydrogen) atoms. The molecule has 1 aromatic heterocycles. The molecule has 0 bridgehead atoms. The topological polar surface area (TPSA) is 185 Å². The molecule has 0 spiro atoms. The quantitative estimate of drug-likeness (QED) is 0.0844. The van der Waals surface area contributed by atoms with E-state index in [1.165, 1.54) is 16.8 Å². The molecule has 8 rings (SSSR count). The van der Waals surface area contributed by atoms with Crippen molar-refractivity contribution in [2.24, 2.45) is 0 Å². The van der Waals surface area contributed by atoms with Crippen LogP contribution in [0.5, 0.6) is 6.01 Å². The van der Waals surface area contributed by atoms with Gasteiger partial charge in [-0.05, 0) is 49.4 Å². The average molecular weight is 861 g/mol. The van der Waals surface area contributed by atoms with Gasteiger partial charge in [0.1, 0.15) is 18.5 Å². The fraction of sp³-hybridized carbons (Fsp3) is 0.413. The number of imide groups is 2. The largest absolute Gasteiger partial charge is 0.461 e. The SMILES string of the molecule is C=CC(=O)N1CCN(c2nc(OCCOCCOCCOCCNc3cccc4c3C(=O)N(C3CCC(=O)NC3=O)C4=O)nc3c2CCN(c2cccc4ccccc24)C3)C[C@H]1C. The summed E-state index contributed by atoms with van der Waals surface area (Å²) in [5, 5.41) is 7.75. The van der Waals surface area contributed by atoms with Gasteiger partial charge < -0.3 is 39.0 Å². The number of benzene rings is 3. The minimum atomic E-state index is -1.02. The molecule has 5 amide bonds. The number of ether oxygens (including phenoxy) is 4. The maximum atomic E-state index is 13.3. The van der Waals surface area contributed by atoms with Gasteiger partial charge in [0.05, 0.1) is 63.0 Å². The first-order valence-corrected chi connectivity index (χ1v) is 21.5. The van der Waals surface area contributed by atoms with Crippen LogP contribution in [0.15, 0.2) is 73.3 Å². The van der Waals surface area contributed by atoms with E-state index in [9.17, 15) is 24.0 Å². The molecule has 5 heterocycles. The van der Waals surface area contributed by atoms with E-state index in [0.717, 1.165) is 40.6 Å². The molecule has 0 saturated carbocycles. The lowest BCUT2D eigenvalue weighted by Crippen LogP contribution is -2.54. The van der Waals surface area contributed by atoms with Crippen molar-refractivity contribution in [2.75, 3.05) is 94.1 Å². The number of fused-ring (bicyclic) bond motifs is 3. The van der Waals surface area contributed by atoms with Crippen LogP contribution in [0.2, 0.25) is 0 Å². The number of amides is 5. The van der Waals surface area contributed by atoms with Crippen molar-refractivity contribution in [3.05, 3.63) is 95.7 Å². The highest BCUT2D eigenvalue weighted by molar-refractivity contribution is 6.25. The van der Waals surface area contributed by atoms with E-state index < -0.39 is 29.7 Å². The van der Waals surface area contributed by atoms with Crippen LogP contribution < -0.4 is 25.2 Å². The highest BCUT2D eigenvalue weighted by Crippen LogP contribution is 2.35. The number of rotatable bonds is 18. The summed E-state index contributed by atoms with van der Waals surface area (Å²) in [4.78, 5) is 80.1. The van der Waals surface area contributed by atoms with Crippen LogP contribution in [0.1, 0.15) is 51.7 Å². The molecule has 17 nitrogen and oxygen atoms in total. The van der Waals surface area contributed by atoms with Crippen LogP contribution in [-0.2, 0) is 41.6 Å². The summed E-state index contributed by atoms with van der Waals surface area (Å²) >= 11 is 0. The number of anilines is 3. The number of carbonyl (C=O) groups excluding carboxylic acids is 5. The molecule has 0 radical (unpaired) electrons. The maximum absolute atomic E-state index is 13.3. The Labute approximate surface area is 365 Å². The Morgan fingerprint density at radius 3 is 2.37 bits per heavy atom. The van der Waals surface area contributed by atoms with Gasteiger partial charge in [0.15, 0.2) is 0 Å². The second kappa shape index (κ2) is 19.7. The highest BCUT2D eigenvalue weighted by Gasteiger charge is 2.45. The van der Waals surface area contributed by atoms with Gasteiger partial charge >= 0.3 is 6.01 Å². The molecule has 0 aliphatic carbocycles. The Kier molecular flexibility index (Phi) is 13.5. The first-order valence-electron chi connectivity index (χ1n) is 21.5. The van der Waals surface area contributed by atoms with E-state index in [1.54, 1.807) is 18.2 Å². The van der Waals surface area contributed by atoms with Crippen molar-refractivity contribution < 1.29 is 42.9 Å². The minimum Gasteiger partial charge on any atom is -0.461 e. The van der Waals surface area contributed by atoms with Gasteiger partial charge in [-0.15, -0.1) is 0 Å². The molecule has 2 fully saturated rings. The second-order valence-corrected chi connectivity index (χ2v) is 15.7. The molecule has 330 valence electrons. The molecule has 17 heteroatoms. The van der Waals surface area contributed by atoms with E-state index >= 15 is 0 Å². The molecule has 2 saturated heterocycles. The van der Waals surface area contributed by atoms with E-state index in [2.05, 4.69) is 69.5 Å². The van der Waals surface area contributed by atoms with Gasteiger partial charge in [-0.3, -0.25) is 34.2 Å². The summed E-state index contributed by atoms with van der Waals surface area (Å²) in [7, 11) is 0. The molecule has 1 unspecified atom stereocenters. The van der Waals surface area contributed by atoms with Crippen molar-refractivity contribution in [2.45, 2.75) is 44.8 Å². The average Bonchev–Trinajstić information content (AvgIpc) is 3.55. The van der Waals surface area contributed by atoms with Crippen LogP contribution in [-0.4, -0.2) is 140 Å². The predicted octanol–water partition coefficient (Wildman–Crippen LogP) is 3.36. The van der Waals surface area contributed by atoms with Crippen LogP contribution in [0.3, 0.4) is 0 Å². The third kappa shape index (κ3) is 9.50. The smallest absolute Gasteiger partial charge is 0.318 e. The van der Waals surface area contributed by atoms with E-state index in [4.69, 9.17) is 28.9 Å². The summed E-state index contributed by atoms with van der Waals surface area (Å²) in [6, 6.07) is 19.0. The molecule has 2 atom stereocenters. The Morgan fingerprint density at radius 2 is 1.59 bits per heavy atom. The number of carbonyl (C=O) groups is 5. The van der Waals surface area contributed by atoms with Crippen LogP contribution in [0.4, 0.5) is 17.2 Å². The third-order valence-electron chi connectivity index (χ3n) is 11.7. The number of hydrogen-bond acceptors (Lipinski definition) is 14. The maximum Gasteiger partial charge on any atom is 0.318 e. The van der Waals surface area contributed by atoms with Crippen LogP contribution in [0.25, 0.3) is 10.8 Å². The van der Waals surface area contributed by atoms with Crippen molar-refractivity contribution in [1.82, 2.24) is 25.1 Å². The lowest BCUT2D eigenvalue weighted by atomic mass is 10.0. The predicted molar refractivity (Wildman–Crippen MR) is 234 cm³/mol. The van der Waals surface area contributed by atoms with Gasteiger partial charge in [-0.2, -0.15) is 9.97 Å². The molecule has 4 aliphatic heterocycles. The first kappa shape index (κ1) is 43.2. The summed E-state index contributed by atoms with van der Waals surface area (Å²) in [6.07, 6.45) is 2.29. The van der Waals surface area contributed by atoms with Crippen LogP contribution >= 0.6 is 0 Å². The minimum absolute atomic E-state index is 0.0138. The number of piperidine rings is 1. The summed E-state index contributed by atoms with van der Waals surface area (Å²) < 4.78 is 23.3. The lowest BCUT2D eigenvalue weighted by molar-refractivity contribution is -0.136. The Balaban J connectivity index is 0.772. The zero-order valence-corrected chi connectivity index (χ0v) is 35.4. The monoisotopic (exact) mass is 860 g/mol. The third-order valence-corrected chi connectivity index (χ3v) is 11.7. The second-order valence-electron chi connectivity index (χ2n) is 15.7. The van der Waals surface area contributed by atoms with Crippen molar-refractivity contribution >= 4 is 57.5 Å². The zero-order chi connectivity index (χ0) is 43.9. The number of nitrogens with one attached hydrogen (secondary N) is 2. The normalized spacial score (nSPS) is 18.7. The number of piperazine rings is 1.